The van der Waals surface area contributed by atoms with Crippen LogP contribution >= 0.6 is 0 Å². The van der Waals surface area contributed by atoms with Crippen LogP contribution in [0.5, 0.6) is 0 Å². The molecule has 0 atom stereocenters. The maximum atomic E-state index is 11.4. The minimum atomic E-state index is -0.00268. The van der Waals surface area contributed by atoms with Crippen molar-refractivity contribution in [2.75, 3.05) is 27.2 Å². The van der Waals surface area contributed by atoms with Crippen molar-refractivity contribution >= 4 is 5.91 Å². The molecule has 1 aromatic rings. The van der Waals surface area contributed by atoms with Gasteiger partial charge in [-0.05, 0) is 27.1 Å². The average Bonchev–Trinajstić information content (AvgIpc) is 2.64. The Labute approximate surface area is 89.9 Å². The fourth-order valence-electron chi connectivity index (χ4n) is 1.19. The molecule has 0 saturated carbocycles. The zero-order valence-electron chi connectivity index (χ0n) is 9.21. The number of aromatic nitrogens is 2. The van der Waals surface area contributed by atoms with Crippen LogP contribution in [0.25, 0.3) is 0 Å². The minimum Gasteiger partial charge on any atom is -0.356 e. The van der Waals surface area contributed by atoms with Gasteiger partial charge in [0.25, 0.3) is 0 Å². The number of hydrogen-bond acceptors (Lipinski definition) is 3. The molecule has 1 aromatic heterocycles. The Bertz CT molecular complexity index is 282. The molecule has 1 radical (unpaired) electrons. The SMILES string of the molecule is CN(C)CCCNC(=O)Cc1[c]c[nH]n1. The van der Waals surface area contributed by atoms with Crippen molar-refractivity contribution in [3.63, 3.8) is 0 Å². The van der Waals surface area contributed by atoms with Crippen LogP contribution in [0.3, 0.4) is 0 Å². The lowest BCUT2D eigenvalue weighted by atomic mass is 10.3. The van der Waals surface area contributed by atoms with Crippen LogP contribution in [-0.2, 0) is 11.2 Å². The molecule has 0 spiro atoms. The van der Waals surface area contributed by atoms with Crippen molar-refractivity contribution < 1.29 is 4.79 Å². The van der Waals surface area contributed by atoms with Crippen molar-refractivity contribution in [1.82, 2.24) is 20.4 Å². The predicted octanol–water partition coefficient (Wildman–Crippen LogP) is -0.180. The second kappa shape index (κ2) is 6.19. The normalized spacial score (nSPS) is 10.6. The maximum Gasteiger partial charge on any atom is 0.226 e. The molecule has 0 bridgehead atoms. The fraction of sp³-hybridized carbons (Fsp3) is 0.600. The molecule has 1 heterocycles. The van der Waals surface area contributed by atoms with Crippen molar-refractivity contribution in [3.8, 4) is 0 Å². The molecule has 5 nitrogen and oxygen atoms in total. The lowest BCUT2D eigenvalue weighted by Crippen LogP contribution is -2.28. The molecular weight excluding hydrogens is 192 g/mol. The number of nitrogens with zero attached hydrogens (tertiary/aromatic N) is 2. The highest BCUT2D eigenvalue weighted by atomic mass is 16.1. The van der Waals surface area contributed by atoms with Gasteiger partial charge in [0.1, 0.15) is 0 Å². The quantitative estimate of drug-likeness (QED) is 0.639. The van der Waals surface area contributed by atoms with E-state index < -0.39 is 0 Å². The van der Waals surface area contributed by atoms with Gasteiger partial charge >= 0.3 is 0 Å². The smallest absolute Gasteiger partial charge is 0.226 e. The highest BCUT2D eigenvalue weighted by Crippen LogP contribution is 1.91. The Morgan fingerprint density at radius 1 is 1.67 bits per heavy atom. The van der Waals surface area contributed by atoms with E-state index in [9.17, 15) is 4.79 Å². The van der Waals surface area contributed by atoms with Gasteiger partial charge in [-0.2, -0.15) is 5.10 Å². The molecule has 1 amide bonds. The Hall–Kier alpha value is -1.36. The zero-order chi connectivity index (χ0) is 11.1. The first-order valence-electron chi connectivity index (χ1n) is 5.00. The van der Waals surface area contributed by atoms with E-state index in [1.807, 2.05) is 14.1 Å². The number of carbonyl (C=O) groups is 1. The first-order valence-corrected chi connectivity index (χ1v) is 5.00. The van der Waals surface area contributed by atoms with Gasteiger partial charge in [-0.15, -0.1) is 0 Å². The zero-order valence-corrected chi connectivity index (χ0v) is 9.21. The highest BCUT2D eigenvalue weighted by Gasteiger charge is 2.04. The summed E-state index contributed by atoms with van der Waals surface area (Å²) in [5.74, 6) is -0.00268. The molecule has 0 aliphatic carbocycles. The van der Waals surface area contributed by atoms with Gasteiger partial charge in [-0.1, -0.05) is 0 Å². The van der Waals surface area contributed by atoms with Crippen molar-refractivity contribution in [3.05, 3.63) is 18.0 Å². The number of hydrogen-bond donors (Lipinski definition) is 2. The van der Waals surface area contributed by atoms with Gasteiger partial charge in [0.05, 0.1) is 12.1 Å². The first-order chi connectivity index (χ1) is 7.18. The van der Waals surface area contributed by atoms with Gasteiger partial charge in [-0.25, -0.2) is 0 Å². The molecule has 15 heavy (non-hydrogen) atoms. The lowest BCUT2D eigenvalue weighted by molar-refractivity contribution is -0.120. The number of aromatic amines is 1. The van der Waals surface area contributed by atoms with E-state index in [4.69, 9.17) is 0 Å². The van der Waals surface area contributed by atoms with Crippen LogP contribution in [0.1, 0.15) is 12.1 Å². The number of H-pyrrole nitrogens is 1. The molecule has 0 fully saturated rings. The lowest BCUT2D eigenvalue weighted by Gasteiger charge is -2.09. The van der Waals surface area contributed by atoms with E-state index in [2.05, 4.69) is 26.5 Å². The molecule has 0 saturated heterocycles. The second-order valence-corrected chi connectivity index (χ2v) is 3.66. The summed E-state index contributed by atoms with van der Waals surface area (Å²) < 4.78 is 0. The molecule has 83 valence electrons. The van der Waals surface area contributed by atoms with E-state index in [0.717, 1.165) is 13.0 Å². The van der Waals surface area contributed by atoms with E-state index in [1.54, 1.807) is 6.20 Å². The predicted molar refractivity (Wildman–Crippen MR) is 57.3 cm³/mol. The topological polar surface area (TPSA) is 61.0 Å². The average molecular weight is 209 g/mol. The summed E-state index contributed by atoms with van der Waals surface area (Å²) in [6, 6.07) is 2.84. The third-order valence-electron chi connectivity index (χ3n) is 1.94. The summed E-state index contributed by atoms with van der Waals surface area (Å²) in [6.07, 6.45) is 2.85. The van der Waals surface area contributed by atoms with E-state index in [1.165, 1.54) is 0 Å². The summed E-state index contributed by atoms with van der Waals surface area (Å²) in [5, 5.41) is 9.32. The van der Waals surface area contributed by atoms with Gasteiger partial charge in [-0.3, -0.25) is 9.89 Å². The van der Waals surface area contributed by atoms with E-state index >= 15 is 0 Å². The van der Waals surface area contributed by atoms with Gasteiger partial charge in [0.15, 0.2) is 0 Å². The number of rotatable bonds is 6. The van der Waals surface area contributed by atoms with Gasteiger partial charge in [0.2, 0.25) is 5.91 Å². The van der Waals surface area contributed by atoms with Crippen molar-refractivity contribution in [1.29, 1.82) is 0 Å². The molecule has 2 N–H and O–H groups in total. The molecule has 0 unspecified atom stereocenters. The molecular formula is C10H17N4O. The minimum absolute atomic E-state index is 0.00268. The van der Waals surface area contributed by atoms with Gasteiger partial charge < -0.3 is 10.2 Å². The molecule has 5 heteroatoms. The van der Waals surface area contributed by atoms with Crippen LogP contribution in [0.4, 0.5) is 0 Å². The first kappa shape index (κ1) is 11.7. The standard InChI is InChI=1S/C10H17N4O/c1-14(2)7-3-5-11-10(15)8-9-4-6-12-13-9/h6H,3,5,7-8H2,1-2H3,(H,11,15)(H,12,13). The largest absolute Gasteiger partial charge is 0.356 e. The van der Waals surface area contributed by atoms with E-state index in [0.29, 0.717) is 18.7 Å². The van der Waals surface area contributed by atoms with Gasteiger partial charge in [0, 0.05) is 18.8 Å². The Morgan fingerprint density at radius 3 is 3.07 bits per heavy atom. The fourth-order valence-corrected chi connectivity index (χ4v) is 1.19. The van der Waals surface area contributed by atoms with Crippen LogP contribution < -0.4 is 5.32 Å². The molecule has 0 aliphatic heterocycles. The molecule has 1 rings (SSSR count). The second-order valence-electron chi connectivity index (χ2n) is 3.66. The van der Waals surface area contributed by atoms with Crippen LogP contribution in [0.2, 0.25) is 0 Å². The maximum absolute atomic E-state index is 11.4. The monoisotopic (exact) mass is 209 g/mol. The number of nitrogens with one attached hydrogen (secondary N) is 2. The van der Waals surface area contributed by atoms with Crippen LogP contribution in [0, 0.1) is 6.07 Å². The van der Waals surface area contributed by atoms with Crippen LogP contribution in [-0.4, -0.2) is 48.2 Å². The third kappa shape index (κ3) is 5.17. The van der Waals surface area contributed by atoms with Crippen molar-refractivity contribution in [2.24, 2.45) is 0 Å². The molecule has 0 aromatic carbocycles. The highest BCUT2D eigenvalue weighted by molar-refractivity contribution is 5.77. The summed E-state index contributed by atoms with van der Waals surface area (Å²) in [6.45, 7) is 1.69. The summed E-state index contributed by atoms with van der Waals surface area (Å²) >= 11 is 0. The van der Waals surface area contributed by atoms with Crippen molar-refractivity contribution in [2.45, 2.75) is 12.8 Å². The summed E-state index contributed by atoms with van der Waals surface area (Å²) in [7, 11) is 4.03. The molecule has 0 aliphatic rings. The number of carbonyl (C=O) groups excluding carboxylic acids is 1. The van der Waals surface area contributed by atoms with Crippen LogP contribution in [0.15, 0.2) is 6.20 Å². The summed E-state index contributed by atoms with van der Waals surface area (Å²) in [4.78, 5) is 13.4. The Morgan fingerprint density at radius 2 is 2.47 bits per heavy atom. The third-order valence-corrected chi connectivity index (χ3v) is 1.94. The Kier molecular flexibility index (Phi) is 4.83. The van der Waals surface area contributed by atoms with E-state index in [-0.39, 0.29) is 5.91 Å². The number of amides is 1. The Balaban J connectivity index is 2.09. The summed E-state index contributed by atoms with van der Waals surface area (Å²) in [5.41, 5.74) is 0.653.